The third kappa shape index (κ3) is 5.12. The van der Waals surface area contributed by atoms with Gasteiger partial charge in [0.15, 0.2) is 0 Å². The molecule has 0 bridgehead atoms. The molecule has 0 radical (unpaired) electrons. The van der Waals surface area contributed by atoms with Crippen molar-refractivity contribution in [1.29, 1.82) is 0 Å². The molecule has 32 heavy (non-hydrogen) atoms. The SMILES string of the molecule is Cc1cc(C)c(S(=O)(=O)N(C)CC(=O)Nc2cccc(-c3nc(C)cc(=O)[nH]3)c2)c(C)c1. The van der Waals surface area contributed by atoms with Gasteiger partial charge in [0, 0.05) is 30.1 Å². The molecule has 0 saturated heterocycles. The van der Waals surface area contributed by atoms with Crippen molar-refractivity contribution in [1.82, 2.24) is 14.3 Å². The van der Waals surface area contributed by atoms with Gasteiger partial charge in [-0.05, 0) is 51.0 Å². The monoisotopic (exact) mass is 454 g/mol. The van der Waals surface area contributed by atoms with Gasteiger partial charge < -0.3 is 10.3 Å². The minimum atomic E-state index is -3.84. The van der Waals surface area contributed by atoms with Crippen molar-refractivity contribution < 1.29 is 13.2 Å². The number of carbonyl (C=O) groups is 1. The zero-order valence-corrected chi connectivity index (χ0v) is 19.5. The zero-order valence-electron chi connectivity index (χ0n) is 18.7. The summed E-state index contributed by atoms with van der Waals surface area (Å²) < 4.78 is 27.2. The van der Waals surface area contributed by atoms with Crippen LogP contribution in [0.1, 0.15) is 22.4 Å². The van der Waals surface area contributed by atoms with Crippen LogP contribution < -0.4 is 10.9 Å². The predicted octanol–water partition coefficient (Wildman–Crippen LogP) is 2.93. The van der Waals surface area contributed by atoms with E-state index in [0.717, 1.165) is 9.87 Å². The van der Waals surface area contributed by atoms with Crippen molar-refractivity contribution in [3.63, 3.8) is 0 Å². The molecule has 0 aliphatic rings. The van der Waals surface area contributed by atoms with Crippen molar-refractivity contribution in [3.8, 4) is 11.4 Å². The Balaban J connectivity index is 1.78. The lowest BCUT2D eigenvalue weighted by molar-refractivity contribution is -0.116. The van der Waals surface area contributed by atoms with Gasteiger partial charge in [0.2, 0.25) is 15.9 Å². The van der Waals surface area contributed by atoms with Crippen LogP contribution >= 0.6 is 0 Å². The summed E-state index contributed by atoms with van der Waals surface area (Å²) in [6.07, 6.45) is 0. The molecule has 0 unspecified atom stereocenters. The third-order valence-electron chi connectivity index (χ3n) is 4.93. The minimum absolute atomic E-state index is 0.217. The van der Waals surface area contributed by atoms with E-state index in [1.165, 1.54) is 13.1 Å². The standard InChI is InChI=1S/C23H26N4O4S/c1-14-9-15(2)22(16(3)10-14)32(30,31)27(5)13-21(29)25-19-8-6-7-18(12-19)23-24-17(4)11-20(28)26-23/h6-12H,13H2,1-5H3,(H,25,29)(H,24,26,28). The van der Waals surface area contributed by atoms with Crippen LogP contribution in [0.4, 0.5) is 5.69 Å². The molecule has 0 aliphatic carbocycles. The Kier molecular flexibility index (Phi) is 6.61. The van der Waals surface area contributed by atoms with Gasteiger partial charge in [0.05, 0.1) is 11.4 Å². The lowest BCUT2D eigenvalue weighted by Gasteiger charge is -2.20. The highest BCUT2D eigenvalue weighted by atomic mass is 32.2. The number of carbonyl (C=O) groups excluding carboxylic acids is 1. The van der Waals surface area contributed by atoms with E-state index in [1.807, 2.05) is 19.1 Å². The first kappa shape index (κ1) is 23.4. The number of H-pyrrole nitrogens is 1. The first-order valence-corrected chi connectivity index (χ1v) is 11.4. The number of hydrogen-bond donors (Lipinski definition) is 2. The lowest BCUT2D eigenvalue weighted by Crippen LogP contribution is -2.35. The summed E-state index contributed by atoms with van der Waals surface area (Å²) in [4.78, 5) is 31.5. The topological polar surface area (TPSA) is 112 Å². The summed E-state index contributed by atoms with van der Waals surface area (Å²) in [6.45, 7) is 6.77. The van der Waals surface area contributed by atoms with Crippen molar-refractivity contribution >= 4 is 21.6 Å². The highest BCUT2D eigenvalue weighted by Crippen LogP contribution is 2.25. The fraction of sp³-hybridized carbons (Fsp3) is 0.261. The number of amides is 1. The maximum absolute atomic E-state index is 13.1. The Hall–Kier alpha value is -3.30. The van der Waals surface area contributed by atoms with Gasteiger partial charge in [0.1, 0.15) is 5.82 Å². The summed E-state index contributed by atoms with van der Waals surface area (Å²) >= 11 is 0. The quantitative estimate of drug-likeness (QED) is 0.595. The van der Waals surface area contributed by atoms with E-state index in [2.05, 4.69) is 15.3 Å². The number of anilines is 1. The van der Waals surface area contributed by atoms with Crippen LogP contribution in [-0.4, -0.2) is 42.2 Å². The van der Waals surface area contributed by atoms with E-state index in [1.54, 1.807) is 45.0 Å². The molecular formula is C23H26N4O4S. The first-order valence-electron chi connectivity index (χ1n) is 10.00. The molecule has 0 aliphatic heterocycles. The Morgan fingerprint density at radius 2 is 1.72 bits per heavy atom. The molecule has 2 N–H and O–H groups in total. The number of sulfonamides is 1. The van der Waals surface area contributed by atoms with Crippen LogP contribution in [0.3, 0.4) is 0 Å². The van der Waals surface area contributed by atoms with Gasteiger partial charge in [-0.1, -0.05) is 29.8 Å². The third-order valence-corrected chi connectivity index (χ3v) is 7.04. The number of aromatic amines is 1. The van der Waals surface area contributed by atoms with Crippen LogP contribution in [-0.2, 0) is 14.8 Å². The molecule has 168 valence electrons. The number of likely N-dealkylation sites (N-methyl/N-ethyl adjacent to an activating group) is 1. The molecule has 0 atom stereocenters. The number of nitrogens with one attached hydrogen (secondary N) is 2. The molecule has 8 nitrogen and oxygen atoms in total. The zero-order chi connectivity index (χ0) is 23.6. The number of aromatic nitrogens is 2. The van der Waals surface area contributed by atoms with Gasteiger partial charge in [-0.3, -0.25) is 9.59 Å². The smallest absolute Gasteiger partial charge is 0.251 e. The van der Waals surface area contributed by atoms with E-state index in [-0.39, 0.29) is 17.0 Å². The van der Waals surface area contributed by atoms with Crippen molar-refractivity contribution in [3.05, 3.63) is 75.2 Å². The van der Waals surface area contributed by atoms with Gasteiger partial charge in [-0.25, -0.2) is 13.4 Å². The molecule has 9 heteroatoms. The van der Waals surface area contributed by atoms with E-state index in [4.69, 9.17) is 0 Å². The van der Waals surface area contributed by atoms with Crippen molar-refractivity contribution in [2.45, 2.75) is 32.6 Å². The summed E-state index contributed by atoms with van der Waals surface area (Å²) in [5.41, 5.74) is 3.65. The molecule has 3 rings (SSSR count). The highest BCUT2D eigenvalue weighted by Gasteiger charge is 2.26. The largest absolute Gasteiger partial charge is 0.325 e. The summed E-state index contributed by atoms with van der Waals surface area (Å²) in [5.74, 6) is -0.0996. The Morgan fingerprint density at radius 1 is 1.06 bits per heavy atom. The number of benzene rings is 2. The van der Waals surface area contributed by atoms with Crippen LogP contribution in [0.15, 0.2) is 52.2 Å². The normalized spacial score (nSPS) is 11.6. The van der Waals surface area contributed by atoms with Crippen molar-refractivity contribution in [2.24, 2.45) is 0 Å². The van der Waals surface area contributed by atoms with Crippen LogP contribution in [0.5, 0.6) is 0 Å². The number of nitrogens with zero attached hydrogens (tertiary/aromatic N) is 2. The molecule has 3 aromatic rings. The minimum Gasteiger partial charge on any atom is -0.325 e. The Bertz CT molecular complexity index is 1320. The Morgan fingerprint density at radius 3 is 2.34 bits per heavy atom. The molecule has 0 spiro atoms. The molecular weight excluding hydrogens is 428 g/mol. The van der Waals surface area contributed by atoms with Gasteiger partial charge in [-0.2, -0.15) is 4.31 Å². The van der Waals surface area contributed by atoms with Crippen LogP contribution in [0.2, 0.25) is 0 Å². The van der Waals surface area contributed by atoms with E-state index in [0.29, 0.717) is 33.9 Å². The van der Waals surface area contributed by atoms with E-state index < -0.39 is 15.9 Å². The van der Waals surface area contributed by atoms with E-state index >= 15 is 0 Å². The second-order valence-corrected chi connectivity index (χ2v) is 9.84. The highest BCUT2D eigenvalue weighted by molar-refractivity contribution is 7.89. The summed E-state index contributed by atoms with van der Waals surface area (Å²) in [5, 5.41) is 2.71. The molecule has 0 saturated carbocycles. The average molecular weight is 455 g/mol. The number of hydrogen-bond acceptors (Lipinski definition) is 5. The molecule has 0 fully saturated rings. The predicted molar refractivity (Wildman–Crippen MR) is 124 cm³/mol. The maximum atomic E-state index is 13.1. The number of rotatable bonds is 6. The van der Waals surface area contributed by atoms with Gasteiger partial charge >= 0.3 is 0 Å². The maximum Gasteiger partial charge on any atom is 0.251 e. The lowest BCUT2D eigenvalue weighted by atomic mass is 10.1. The number of aryl methyl sites for hydroxylation is 4. The molecule has 1 heterocycles. The Labute approximate surface area is 187 Å². The molecule has 1 amide bonds. The van der Waals surface area contributed by atoms with Gasteiger partial charge in [0.25, 0.3) is 5.56 Å². The first-order chi connectivity index (χ1) is 15.0. The summed E-state index contributed by atoms with van der Waals surface area (Å²) in [6, 6.07) is 11.8. The second kappa shape index (κ2) is 9.05. The molecule has 2 aromatic carbocycles. The van der Waals surface area contributed by atoms with Gasteiger partial charge in [-0.15, -0.1) is 0 Å². The van der Waals surface area contributed by atoms with E-state index in [9.17, 15) is 18.0 Å². The second-order valence-electron chi connectivity index (χ2n) is 7.85. The average Bonchev–Trinajstić information content (AvgIpc) is 2.66. The molecule has 1 aromatic heterocycles. The van der Waals surface area contributed by atoms with Crippen molar-refractivity contribution in [2.75, 3.05) is 18.9 Å². The van der Waals surface area contributed by atoms with Crippen LogP contribution in [0, 0.1) is 27.7 Å². The van der Waals surface area contributed by atoms with Crippen LogP contribution in [0.25, 0.3) is 11.4 Å². The summed E-state index contributed by atoms with van der Waals surface area (Å²) in [7, 11) is -2.46. The fourth-order valence-corrected chi connectivity index (χ4v) is 5.21. The fourth-order valence-electron chi connectivity index (χ4n) is 3.68.